The molecular formula is C13H21IN2O2. The molecule has 0 aromatic rings. The zero-order valence-electron chi connectivity index (χ0n) is 10.8. The fourth-order valence-electron chi connectivity index (χ4n) is 2.61. The van der Waals surface area contributed by atoms with Crippen LogP contribution in [0.15, 0.2) is 11.6 Å². The number of halogens is 1. The molecule has 3 atom stereocenters. The Morgan fingerprint density at radius 1 is 1.56 bits per heavy atom. The van der Waals surface area contributed by atoms with Gasteiger partial charge in [-0.15, -0.1) is 0 Å². The van der Waals surface area contributed by atoms with Gasteiger partial charge in [-0.2, -0.15) is 0 Å². The van der Waals surface area contributed by atoms with Gasteiger partial charge >= 0.3 is 0 Å². The third-order valence-corrected chi connectivity index (χ3v) is 4.73. The van der Waals surface area contributed by atoms with E-state index in [1.807, 2.05) is 4.90 Å². The van der Waals surface area contributed by atoms with Gasteiger partial charge in [0.05, 0.1) is 13.2 Å². The summed E-state index contributed by atoms with van der Waals surface area (Å²) >= 11 is 2.42. The molecule has 1 saturated heterocycles. The Morgan fingerprint density at radius 3 is 2.78 bits per heavy atom. The van der Waals surface area contributed by atoms with E-state index in [4.69, 9.17) is 10.5 Å². The lowest BCUT2D eigenvalue weighted by Crippen LogP contribution is -2.44. The second-order valence-electron chi connectivity index (χ2n) is 5.08. The van der Waals surface area contributed by atoms with Crippen LogP contribution >= 0.6 is 22.6 Å². The van der Waals surface area contributed by atoms with E-state index >= 15 is 0 Å². The second kappa shape index (κ2) is 6.34. The molecule has 1 fully saturated rings. The molecule has 2 aliphatic rings. The number of carbonyl (C=O) groups is 1. The Kier molecular flexibility index (Phi) is 5.03. The molecule has 1 unspecified atom stereocenters. The first-order chi connectivity index (χ1) is 8.59. The van der Waals surface area contributed by atoms with Gasteiger partial charge in [-0.05, 0) is 18.8 Å². The van der Waals surface area contributed by atoms with E-state index in [0.29, 0.717) is 42.6 Å². The SMILES string of the molecule is CC(I)[C@H]1CC=C(C(=O)N2CCOCC2)C[C@@H]1N. The second-order valence-corrected chi connectivity index (χ2v) is 7.04. The number of nitrogens with two attached hydrogens (primary N) is 1. The van der Waals surface area contributed by atoms with Gasteiger partial charge in [0.2, 0.25) is 5.91 Å². The van der Waals surface area contributed by atoms with Crippen LogP contribution in [0.2, 0.25) is 0 Å². The number of morpholine rings is 1. The number of hydrogen-bond donors (Lipinski definition) is 1. The summed E-state index contributed by atoms with van der Waals surface area (Å²) < 4.78 is 5.82. The van der Waals surface area contributed by atoms with Crippen LogP contribution in [-0.2, 0) is 9.53 Å². The average Bonchev–Trinajstić information content (AvgIpc) is 2.38. The highest BCUT2D eigenvalue weighted by molar-refractivity contribution is 14.1. The number of allylic oxidation sites excluding steroid dienone is 1. The third-order valence-electron chi connectivity index (χ3n) is 3.80. The van der Waals surface area contributed by atoms with Crippen molar-refractivity contribution in [1.82, 2.24) is 4.90 Å². The lowest BCUT2D eigenvalue weighted by atomic mass is 9.83. The summed E-state index contributed by atoms with van der Waals surface area (Å²) in [7, 11) is 0. The highest BCUT2D eigenvalue weighted by Crippen LogP contribution is 2.29. The zero-order valence-corrected chi connectivity index (χ0v) is 12.9. The first-order valence-electron chi connectivity index (χ1n) is 6.55. The Balaban J connectivity index is 1.99. The van der Waals surface area contributed by atoms with Crippen molar-refractivity contribution >= 4 is 28.5 Å². The summed E-state index contributed by atoms with van der Waals surface area (Å²) in [5.74, 6) is 0.653. The van der Waals surface area contributed by atoms with Gasteiger partial charge < -0.3 is 15.4 Å². The van der Waals surface area contributed by atoms with E-state index in [1.165, 1.54) is 0 Å². The minimum atomic E-state index is 0.113. The largest absolute Gasteiger partial charge is 0.378 e. The Morgan fingerprint density at radius 2 is 2.22 bits per heavy atom. The van der Waals surface area contributed by atoms with Crippen LogP contribution in [-0.4, -0.2) is 47.1 Å². The zero-order chi connectivity index (χ0) is 13.1. The van der Waals surface area contributed by atoms with Gasteiger partial charge in [-0.1, -0.05) is 35.6 Å². The maximum atomic E-state index is 12.3. The monoisotopic (exact) mass is 364 g/mol. The summed E-state index contributed by atoms with van der Waals surface area (Å²) in [6.45, 7) is 4.90. The number of hydrogen-bond acceptors (Lipinski definition) is 3. The molecule has 0 aromatic heterocycles. The molecule has 1 aliphatic heterocycles. The molecule has 4 nitrogen and oxygen atoms in total. The minimum Gasteiger partial charge on any atom is -0.378 e. The number of ether oxygens (including phenoxy) is 1. The van der Waals surface area contributed by atoms with E-state index in [9.17, 15) is 4.79 Å². The van der Waals surface area contributed by atoms with Crippen LogP contribution in [0.25, 0.3) is 0 Å². The maximum absolute atomic E-state index is 12.3. The van der Waals surface area contributed by atoms with E-state index in [-0.39, 0.29) is 11.9 Å². The Labute approximate surface area is 122 Å². The first-order valence-corrected chi connectivity index (χ1v) is 7.80. The minimum absolute atomic E-state index is 0.113. The summed E-state index contributed by atoms with van der Waals surface area (Å²) in [5.41, 5.74) is 7.10. The van der Waals surface area contributed by atoms with E-state index in [0.717, 1.165) is 12.0 Å². The van der Waals surface area contributed by atoms with Gasteiger partial charge in [0.25, 0.3) is 0 Å². The van der Waals surface area contributed by atoms with Gasteiger partial charge in [0.15, 0.2) is 0 Å². The first kappa shape index (κ1) is 14.3. The van der Waals surface area contributed by atoms with Crippen molar-refractivity contribution in [2.24, 2.45) is 11.7 Å². The fraction of sp³-hybridized carbons (Fsp3) is 0.769. The molecular weight excluding hydrogens is 343 g/mol. The van der Waals surface area contributed by atoms with E-state index < -0.39 is 0 Å². The molecule has 0 radical (unpaired) electrons. The topological polar surface area (TPSA) is 55.6 Å². The van der Waals surface area contributed by atoms with Gasteiger partial charge in [-0.25, -0.2) is 0 Å². The number of carbonyl (C=O) groups excluding carboxylic acids is 1. The lowest BCUT2D eigenvalue weighted by molar-refractivity contribution is -0.131. The van der Waals surface area contributed by atoms with Crippen LogP contribution in [0, 0.1) is 5.92 Å². The highest BCUT2D eigenvalue weighted by atomic mass is 127. The molecule has 1 heterocycles. The van der Waals surface area contributed by atoms with Crippen molar-refractivity contribution in [2.75, 3.05) is 26.3 Å². The van der Waals surface area contributed by atoms with Crippen molar-refractivity contribution in [2.45, 2.75) is 29.7 Å². The normalized spacial score (nSPS) is 30.8. The van der Waals surface area contributed by atoms with Crippen LogP contribution in [0.4, 0.5) is 0 Å². The molecule has 0 bridgehead atoms. The number of nitrogens with zero attached hydrogens (tertiary/aromatic N) is 1. The Bertz CT molecular complexity index is 338. The summed E-state index contributed by atoms with van der Waals surface area (Å²) in [6.07, 6.45) is 3.74. The quantitative estimate of drug-likeness (QED) is 0.594. The molecule has 1 amide bonds. The molecule has 0 saturated carbocycles. The molecule has 1 aliphatic carbocycles. The van der Waals surface area contributed by atoms with E-state index in [1.54, 1.807) is 0 Å². The molecule has 0 aromatic carbocycles. The molecule has 18 heavy (non-hydrogen) atoms. The van der Waals surface area contributed by atoms with Gasteiger partial charge in [0, 0.05) is 28.6 Å². The maximum Gasteiger partial charge on any atom is 0.249 e. The fourth-order valence-corrected chi connectivity index (χ4v) is 3.44. The molecule has 5 heteroatoms. The molecule has 2 rings (SSSR count). The van der Waals surface area contributed by atoms with Crippen LogP contribution in [0.1, 0.15) is 19.8 Å². The summed E-state index contributed by atoms with van der Waals surface area (Å²) in [5, 5.41) is 0. The lowest BCUT2D eigenvalue weighted by Gasteiger charge is -2.33. The van der Waals surface area contributed by atoms with Gasteiger partial charge in [0.1, 0.15) is 0 Å². The Hall–Kier alpha value is -0.140. The van der Waals surface area contributed by atoms with Gasteiger partial charge in [-0.3, -0.25) is 4.79 Å². The number of amides is 1. The highest BCUT2D eigenvalue weighted by Gasteiger charge is 2.30. The van der Waals surface area contributed by atoms with Crippen molar-refractivity contribution in [1.29, 1.82) is 0 Å². The number of alkyl halides is 1. The van der Waals surface area contributed by atoms with Crippen molar-refractivity contribution in [3.05, 3.63) is 11.6 Å². The predicted molar refractivity (Wildman–Crippen MR) is 79.7 cm³/mol. The standard InChI is InChI=1S/C13H21IN2O2/c1-9(14)11-3-2-10(8-12(11)15)13(17)16-4-6-18-7-5-16/h2,9,11-12H,3-8,15H2,1H3/t9?,11-,12+/m1/s1. The predicted octanol–water partition coefficient (Wildman–Crippen LogP) is 1.33. The van der Waals surface area contributed by atoms with E-state index in [2.05, 4.69) is 35.6 Å². The van der Waals surface area contributed by atoms with Crippen molar-refractivity contribution < 1.29 is 9.53 Å². The smallest absolute Gasteiger partial charge is 0.249 e. The molecule has 102 valence electrons. The third kappa shape index (κ3) is 3.24. The summed E-state index contributed by atoms with van der Waals surface area (Å²) in [4.78, 5) is 14.2. The van der Waals surface area contributed by atoms with Crippen molar-refractivity contribution in [3.8, 4) is 0 Å². The van der Waals surface area contributed by atoms with Crippen LogP contribution < -0.4 is 5.73 Å². The molecule has 2 N–H and O–H groups in total. The average molecular weight is 364 g/mol. The van der Waals surface area contributed by atoms with Crippen molar-refractivity contribution in [3.63, 3.8) is 0 Å². The summed E-state index contributed by atoms with van der Waals surface area (Å²) in [6, 6.07) is 0.113. The number of rotatable bonds is 2. The molecule has 0 spiro atoms. The van der Waals surface area contributed by atoms with Crippen LogP contribution in [0.3, 0.4) is 0 Å². The van der Waals surface area contributed by atoms with Crippen LogP contribution in [0.5, 0.6) is 0 Å².